The van der Waals surface area contributed by atoms with Crippen LogP contribution in [0.2, 0.25) is 0 Å². The molecular formula is C25H26N6O. The Kier molecular flexibility index (Phi) is 5.54. The Morgan fingerprint density at radius 3 is 2.81 bits per heavy atom. The lowest BCUT2D eigenvalue weighted by molar-refractivity contribution is 0.102. The molecule has 0 spiro atoms. The Morgan fingerprint density at radius 1 is 1.06 bits per heavy atom. The van der Waals surface area contributed by atoms with E-state index in [1.54, 1.807) is 17.1 Å². The number of rotatable bonds is 5. The van der Waals surface area contributed by atoms with E-state index in [0.717, 1.165) is 59.8 Å². The molecule has 7 heteroatoms. The SMILES string of the molecule is Cc1ccc(-c2nnc3n2CCCCC3)cc1NC(=O)c1cnn(Cc2ccccc2)c1. The summed E-state index contributed by atoms with van der Waals surface area (Å²) in [5, 5.41) is 16.2. The second-order valence-electron chi connectivity index (χ2n) is 8.30. The summed E-state index contributed by atoms with van der Waals surface area (Å²) in [6, 6.07) is 16.1. The van der Waals surface area contributed by atoms with E-state index >= 15 is 0 Å². The van der Waals surface area contributed by atoms with E-state index in [4.69, 9.17) is 0 Å². The summed E-state index contributed by atoms with van der Waals surface area (Å²) in [4.78, 5) is 12.9. The van der Waals surface area contributed by atoms with Crippen LogP contribution in [-0.4, -0.2) is 30.5 Å². The average molecular weight is 427 g/mol. The van der Waals surface area contributed by atoms with Gasteiger partial charge in [-0.05, 0) is 37.0 Å². The van der Waals surface area contributed by atoms with Gasteiger partial charge in [-0.3, -0.25) is 9.48 Å². The first-order valence-corrected chi connectivity index (χ1v) is 11.1. The fraction of sp³-hybridized carbons (Fsp3) is 0.280. The molecule has 0 saturated heterocycles. The molecular weight excluding hydrogens is 400 g/mol. The van der Waals surface area contributed by atoms with Crippen molar-refractivity contribution >= 4 is 11.6 Å². The summed E-state index contributed by atoms with van der Waals surface area (Å²) in [7, 11) is 0. The van der Waals surface area contributed by atoms with Crippen molar-refractivity contribution in [3.05, 3.63) is 83.4 Å². The predicted molar refractivity (Wildman–Crippen MR) is 123 cm³/mol. The molecule has 7 nitrogen and oxygen atoms in total. The molecule has 2 aromatic carbocycles. The average Bonchev–Trinajstić information content (AvgIpc) is 3.37. The molecule has 0 unspecified atom stereocenters. The van der Waals surface area contributed by atoms with Crippen molar-refractivity contribution in [1.29, 1.82) is 0 Å². The molecule has 0 saturated carbocycles. The largest absolute Gasteiger partial charge is 0.322 e. The van der Waals surface area contributed by atoms with Gasteiger partial charge >= 0.3 is 0 Å². The van der Waals surface area contributed by atoms with Gasteiger partial charge in [-0.2, -0.15) is 5.10 Å². The lowest BCUT2D eigenvalue weighted by Gasteiger charge is -2.11. The van der Waals surface area contributed by atoms with Crippen molar-refractivity contribution in [3.8, 4) is 11.4 Å². The maximum absolute atomic E-state index is 12.9. The van der Waals surface area contributed by atoms with E-state index in [0.29, 0.717) is 12.1 Å². The molecule has 4 aromatic rings. The van der Waals surface area contributed by atoms with Crippen LogP contribution in [0.4, 0.5) is 5.69 Å². The molecule has 5 rings (SSSR count). The minimum absolute atomic E-state index is 0.176. The van der Waals surface area contributed by atoms with Crippen LogP contribution in [0.25, 0.3) is 11.4 Å². The van der Waals surface area contributed by atoms with Gasteiger partial charge in [0, 0.05) is 30.4 Å². The van der Waals surface area contributed by atoms with Gasteiger partial charge in [0.2, 0.25) is 0 Å². The number of aromatic nitrogens is 5. The minimum Gasteiger partial charge on any atom is -0.322 e. The fourth-order valence-electron chi connectivity index (χ4n) is 4.13. The van der Waals surface area contributed by atoms with Crippen molar-refractivity contribution in [2.75, 3.05) is 5.32 Å². The van der Waals surface area contributed by atoms with Crippen molar-refractivity contribution in [2.24, 2.45) is 0 Å². The number of hydrogen-bond acceptors (Lipinski definition) is 4. The van der Waals surface area contributed by atoms with Crippen LogP contribution in [0.1, 0.15) is 46.6 Å². The van der Waals surface area contributed by atoms with Gasteiger partial charge in [-0.15, -0.1) is 10.2 Å². The number of aryl methyl sites for hydroxylation is 2. The second kappa shape index (κ2) is 8.78. The summed E-state index contributed by atoms with van der Waals surface area (Å²) in [5.41, 5.74) is 4.40. The summed E-state index contributed by atoms with van der Waals surface area (Å²) in [6.45, 7) is 3.55. The molecule has 0 radical (unpaired) electrons. The first-order chi connectivity index (χ1) is 15.7. The highest BCUT2D eigenvalue weighted by Crippen LogP contribution is 2.27. The second-order valence-corrected chi connectivity index (χ2v) is 8.30. The van der Waals surface area contributed by atoms with Gasteiger partial charge in [0.15, 0.2) is 5.82 Å². The Labute approximate surface area is 187 Å². The van der Waals surface area contributed by atoms with Crippen LogP contribution in [0, 0.1) is 6.92 Å². The Hall–Kier alpha value is -3.74. The highest BCUT2D eigenvalue weighted by atomic mass is 16.1. The number of benzene rings is 2. The quantitative estimate of drug-likeness (QED) is 0.511. The fourth-order valence-corrected chi connectivity index (χ4v) is 4.13. The van der Waals surface area contributed by atoms with Crippen molar-refractivity contribution in [3.63, 3.8) is 0 Å². The molecule has 3 heterocycles. The van der Waals surface area contributed by atoms with E-state index in [9.17, 15) is 4.79 Å². The number of carbonyl (C=O) groups excluding carboxylic acids is 1. The third kappa shape index (κ3) is 4.19. The van der Waals surface area contributed by atoms with E-state index in [1.165, 1.54) is 6.42 Å². The smallest absolute Gasteiger partial charge is 0.258 e. The van der Waals surface area contributed by atoms with E-state index in [-0.39, 0.29) is 5.91 Å². The summed E-state index contributed by atoms with van der Waals surface area (Å²) in [6.07, 6.45) is 7.87. The number of carbonyl (C=O) groups is 1. The van der Waals surface area contributed by atoms with Gasteiger partial charge in [0.1, 0.15) is 5.82 Å². The molecule has 0 fully saturated rings. The van der Waals surface area contributed by atoms with Gasteiger partial charge in [-0.1, -0.05) is 48.9 Å². The molecule has 2 aromatic heterocycles. The monoisotopic (exact) mass is 426 g/mol. The molecule has 1 aliphatic heterocycles. The zero-order chi connectivity index (χ0) is 21.9. The van der Waals surface area contributed by atoms with Crippen LogP contribution in [0.5, 0.6) is 0 Å². The molecule has 162 valence electrons. The molecule has 0 atom stereocenters. The number of hydrogen-bond donors (Lipinski definition) is 1. The Balaban J connectivity index is 1.35. The van der Waals surface area contributed by atoms with Crippen molar-refractivity contribution in [2.45, 2.75) is 45.7 Å². The topological polar surface area (TPSA) is 77.6 Å². The van der Waals surface area contributed by atoms with Crippen molar-refractivity contribution in [1.82, 2.24) is 24.5 Å². The first-order valence-electron chi connectivity index (χ1n) is 11.1. The van der Waals surface area contributed by atoms with Gasteiger partial charge < -0.3 is 9.88 Å². The maximum Gasteiger partial charge on any atom is 0.258 e. The molecule has 0 aliphatic carbocycles. The van der Waals surface area contributed by atoms with Crippen LogP contribution in [0.15, 0.2) is 60.9 Å². The molecule has 1 aliphatic rings. The number of anilines is 1. The van der Waals surface area contributed by atoms with Crippen LogP contribution >= 0.6 is 0 Å². The normalized spacial score (nSPS) is 13.4. The first kappa shape index (κ1) is 20.2. The highest BCUT2D eigenvalue weighted by molar-refractivity contribution is 6.04. The number of fused-ring (bicyclic) bond motifs is 1. The van der Waals surface area contributed by atoms with E-state index < -0.39 is 0 Å². The zero-order valence-electron chi connectivity index (χ0n) is 18.2. The van der Waals surface area contributed by atoms with E-state index in [2.05, 4.69) is 25.2 Å². The summed E-state index contributed by atoms with van der Waals surface area (Å²) < 4.78 is 4.00. The van der Waals surface area contributed by atoms with Crippen LogP contribution in [0.3, 0.4) is 0 Å². The maximum atomic E-state index is 12.9. The van der Waals surface area contributed by atoms with Gasteiger partial charge in [-0.25, -0.2) is 0 Å². The number of nitrogens with one attached hydrogen (secondary N) is 1. The molecule has 1 amide bonds. The van der Waals surface area contributed by atoms with Gasteiger partial charge in [0.05, 0.1) is 18.3 Å². The molecule has 0 bridgehead atoms. The van der Waals surface area contributed by atoms with Crippen LogP contribution in [-0.2, 0) is 19.5 Å². The summed E-state index contributed by atoms with van der Waals surface area (Å²) >= 11 is 0. The Morgan fingerprint density at radius 2 is 1.94 bits per heavy atom. The van der Waals surface area contributed by atoms with E-state index in [1.807, 2.05) is 55.5 Å². The highest BCUT2D eigenvalue weighted by Gasteiger charge is 2.17. The predicted octanol–water partition coefficient (Wildman–Crippen LogP) is 4.48. The third-order valence-electron chi connectivity index (χ3n) is 5.94. The lowest BCUT2D eigenvalue weighted by Crippen LogP contribution is -2.12. The molecule has 32 heavy (non-hydrogen) atoms. The third-order valence-corrected chi connectivity index (χ3v) is 5.94. The minimum atomic E-state index is -0.176. The van der Waals surface area contributed by atoms with Crippen LogP contribution < -0.4 is 5.32 Å². The Bertz CT molecular complexity index is 1240. The standard InChI is InChI=1S/C25H26N6O/c1-18-11-12-20(24-29-28-23-10-6-3-7-13-31(23)24)14-22(18)27-25(32)21-15-26-30(17-21)16-19-8-4-2-5-9-19/h2,4-5,8-9,11-12,14-15,17H,3,6-7,10,13,16H2,1H3,(H,27,32). The number of nitrogens with zero attached hydrogens (tertiary/aromatic N) is 5. The van der Waals surface area contributed by atoms with Gasteiger partial charge in [0.25, 0.3) is 5.91 Å². The molecule has 1 N–H and O–H groups in total. The lowest BCUT2D eigenvalue weighted by atomic mass is 10.1. The zero-order valence-corrected chi connectivity index (χ0v) is 18.2. The van der Waals surface area contributed by atoms with Crippen molar-refractivity contribution < 1.29 is 4.79 Å². The summed E-state index contributed by atoms with van der Waals surface area (Å²) in [5.74, 6) is 1.74. The number of amides is 1.